The van der Waals surface area contributed by atoms with Gasteiger partial charge in [0.15, 0.2) is 0 Å². The normalized spacial score (nSPS) is 14.8. The highest BCUT2D eigenvalue weighted by Crippen LogP contribution is 2.21. The van der Waals surface area contributed by atoms with E-state index in [1.54, 1.807) is 12.1 Å². The van der Waals surface area contributed by atoms with Crippen molar-refractivity contribution in [3.8, 4) is 6.07 Å². The smallest absolute Gasteiger partial charge is 0.242 e. The van der Waals surface area contributed by atoms with Crippen molar-refractivity contribution in [1.82, 2.24) is 10.2 Å². The van der Waals surface area contributed by atoms with Crippen molar-refractivity contribution in [2.45, 2.75) is 0 Å². The van der Waals surface area contributed by atoms with Gasteiger partial charge in [0.2, 0.25) is 5.91 Å². The van der Waals surface area contributed by atoms with Crippen molar-refractivity contribution in [3.05, 3.63) is 28.2 Å². The van der Waals surface area contributed by atoms with E-state index in [2.05, 4.69) is 27.3 Å². The van der Waals surface area contributed by atoms with E-state index in [0.717, 1.165) is 36.3 Å². The number of halogens is 1. The average molecular weight is 337 g/mol. The van der Waals surface area contributed by atoms with E-state index >= 15 is 0 Å². The van der Waals surface area contributed by atoms with Gasteiger partial charge in [-0.2, -0.15) is 5.26 Å². The van der Waals surface area contributed by atoms with Crippen LogP contribution in [-0.4, -0.2) is 50.6 Å². The molecule has 106 valence electrons. The maximum absolute atomic E-state index is 12.2. The minimum absolute atomic E-state index is 0.118. The Kier molecular flexibility index (Phi) is 4.99. The molecule has 1 amide bonds. The van der Waals surface area contributed by atoms with Gasteiger partial charge in [-0.3, -0.25) is 4.79 Å². The van der Waals surface area contributed by atoms with Crippen LogP contribution in [0.2, 0.25) is 0 Å². The van der Waals surface area contributed by atoms with Gasteiger partial charge in [-0.15, -0.1) is 0 Å². The number of benzene rings is 1. The zero-order chi connectivity index (χ0) is 14.5. The predicted molar refractivity (Wildman–Crippen MR) is 81.6 cm³/mol. The van der Waals surface area contributed by atoms with Crippen LogP contribution in [0.25, 0.3) is 0 Å². The van der Waals surface area contributed by atoms with Crippen molar-refractivity contribution in [1.29, 1.82) is 5.26 Å². The first kappa shape index (κ1) is 14.8. The highest BCUT2D eigenvalue weighted by atomic mass is 79.9. The molecule has 0 spiro atoms. The number of piperazine rings is 1. The predicted octanol–water partition coefficient (Wildman–Crippen LogP) is 1.19. The van der Waals surface area contributed by atoms with E-state index in [1.165, 1.54) is 0 Å². The third-order valence-corrected chi connectivity index (χ3v) is 3.75. The molecule has 0 aromatic heterocycles. The summed E-state index contributed by atoms with van der Waals surface area (Å²) in [5.41, 5.74) is 1.44. The molecule has 1 aliphatic heterocycles. The van der Waals surface area contributed by atoms with Crippen LogP contribution in [0, 0.1) is 11.3 Å². The summed E-state index contributed by atoms with van der Waals surface area (Å²) in [6, 6.07) is 7.57. The lowest BCUT2D eigenvalue weighted by molar-refractivity contribution is -0.130. The van der Waals surface area contributed by atoms with Crippen LogP contribution < -0.4 is 10.2 Å². The van der Waals surface area contributed by atoms with Crippen LogP contribution in [0.4, 0.5) is 5.69 Å². The molecule has 20 heavy (non-hydrogen) atoms. The molecule has 0 unspecified atom stereocenters. The summed E-state index contributed by atoms with van der Waals surface area (Å²) in [5.74, 6) is 0.118. The molecule has 0 bridgehead atoms. The lowest BCUT2D eigenvalue weighted by atomic mass is 10.2. The number of nitrogens with one attached hydrogen (secondary N) is 1. The lowest BCUT2D eigenvalue weighted by Gasteiger charge is -2.29. The van der Waals surface area contributed by atoms with Gasteiger partial charge in [-0.25, -0.2) is 0 Å². The number of carbonyl (C=O) groups is 1. The summed E-state index contributed by atoms with van der Waals surface area (Å²) in [4.78, 5) is 15.9. The van der Waals surface area contributed by atoms with Gasteiger partial charge in [0.25, 0.3) is 0 Å². The van der Waals surface area contributed by atoms with Gasteiger partial charge in [-0.1, -0.05) is 15.9 Å². The maximum atomic E-state index is 12.2. The highest BCUT2D eigenvalue weighted by Gasteiger charge is 2.18. The largest absolute Gasteiger partial charge is 0.365 e. The number of hydrogen-bond acceptors (Lipinski definition) is 4. The summed E-state index contributed by atoms with van der Waals surface area (Å²) >= 11 is 3.38. The molecule has 1 aliphatic rings. The van der Waals surface area contributed by atoms with Gasteiger partial charge < -0.3 is 15.1 Å². The summed E-state index contributed by atoms with van der Waals surface area (Å²) in [6.45, 7) is 3.54. The van der Waals surface area contributed by atoms with Crippen LogP contribution in [0.1, 0.15) is 5.56 Å². The number of likely N-dealkylation sites (N-methyl/N-ethyl adjacent to an activating group) is 1. The minimum Gasteiger partial charge on any atom is -0.365 e. The third-order valence-electron chi connectivity index (χ3n) is 3.29. The Morgan fingerprint density at radius 3 is 2.80 bits per heavy atom. The van der Waals surface area contributed by atoms with Gasteiger partial charge in [0.1, 0.15) is 0 Å². The number of nitriles is 1. The number of hydrogen-bond donors (Lipinski definition) is 1. The summed E-state index contributed by atoms with van der Waals surface area (Å²) in [7, 11) is 1.86. The molecule has 1 aromatic carbocycles. The standard InChI is InChI=1S/C14H17BrN4O/c1-18(10-14(20)19-4-2-17-3-5-19)13-7-11(9-16)6-12(15)8-13/h6-8,17H,2-5,10H2,1H3. The Labute approximate surface area is 127 Å². The quantitative estimate of drug-likeness (QED) is 0.900. The van der Waals surface area contributed by atoms with Gasteiger partial charge in [0.05, 0.1) is 18.2 Å². The number of carbonyl (C=O) groups excluding carboxylic acids is 1. The van der Waals surface area contributed by atoms with E-state index in [-0.39, 0.29) is 5.91 Å². The second-order valence-electron chi connectivity index (χ2n) is 4.80. The first-order valence-corrected chi connectivity index (χ1v) is 7.30. The second-order valence-corrected chi connectivity index (χ2v) is 5.71. The summed E-state index contributed by atoms with van der Waals surface area (Å²) in [5, 5.41) is 12.2. The zero-order valence-corrected chi connectivity index (χ0v) is 13.0. The van der Waals surface area contributed by atoms with Crippen LogP contribution in [-0.2, 0) is 4.79 Å². The van der Waals surface area contributed by atoms with Gasteiger partial charge in [0, 0.05) is 43.4 Å². The fraction of sp³-hybridized carbons (Fsp3) is 0.429. The number of anilines is 1. The number of rotatable bonds is 3. The van der Waals surface area contributed by atoms with Crippen molar-refractivity contribution in [3.63, 3.8) is 0 Å². The molecule has 1 N–H and O–H groups in total. The highest BCUT2D eigenvalue weighted by molar-refractivity contribution is 9.10. The molecular weight excluding hydrogens is 320 g/mol. The Balaban J connectivity index is 2.04. The molecular formula is C14H17BrN4O. The van der Waals surface area contributed by atoms with Gasteiger partial charge in [-0.05, 0) is 18.2 Å². The van der Waals surface area contributed by atoms with E-state index in [9.17, 15) is 4.79 Å². The zero-order valence-electron chi connectivity index (χ0n) is 11.4. The minimum atomic E-state index is 0.118. The fourth-order valence-electron chi connectivity index (χ4n) is 2.17. The summed E-state index contributed by atoms with van der Waals surface area (Å²) < 4.78 is 0.841. The molecule has 0 saturated carbocycles. The molecule has 1 fully saturated rings. The third kappa shape index (κ3) is 3.71. The van der Waals surface area contributed by atoms with Crippen LogP contribution in [0.5, 0.6) is 0 Å². The maximum Gasteiger partial charge on any atom is 0.242 e. The van der Waals surface area contributed by atoms with Crippen molar-refractivity contribution < 1.29 is 4.79 Å². The average Bonchev–Trinajstić information content (AvgIpc) is 2.47. The van der Waals surface area contributed by atoms with Crippen molar-refractivity contribution in [2.75, 3.05) is 44.7 Å². The van der Waals surface area contributed by atoms with E-state index in [1.807, 2.05) is 22.9 Å². The van der Waals surface area contributed by atoms with Crippen molar-refractivity contribution >= 4 is 27.5 Å². The molecule has 0 aliphatic carbocycles. The number of amides is 1. The lowest BCUT2D eigenvalue weighted by Crippen LogP contribution is -2.49. The number of nitrogens with zero attached hydrogens (tertiary/aromatic N) is 3. The molecule has 1 aromatic rings. The summed E-state index contributed by atoms with van der Waals surface area (Å²) in [6.07, 6.45) is 0. The fourth-order valence-corrected chi connectivity index (χ4v) is 2.65. The van der Waals surface area contributed by atoms with Gasteiger partial charge >= 0.3 is 0 Å². The topological polar surface area (TPSA) is 59.4 Å². The van der Waals surface area contributed by atoms with Crippen LogP contribution in [0.3, 0.4) is 0 Å². The first-order chi connectivity index (χ1) is 9.60. The second kappa shape index (κ2) is 6.73. The Morgan fingerprint density at radius 1 is 1.45 bits per heavy atom. The molecule has 0 atom stereocenters. The van der Waals surface area contributed by atoms with E-state index in [4.69, 9.17) is 5.26 Å². The molecule has 1 saturated heterocycles. The molecule has 1 heterocycles. The Hall–Kier alpha value is -1.58. The van der Waals surface area contributed by atoms with E-state index in [0.29, 0.717) is 12.1 Å². The first-order valence-electron chi connectivity index (χ1n) is 6.50. The van der Waals surface area contributed by atoms with Crippen LogP contribution in [0.15, 0.2) is 22.7 Å². The molecule has 2 rings (SSSR count). The molecule has 0 radical (unpaired) electrons. The van der Waals surface area contributed by atoms with Crippen LogP contribution >= 0.6 is 15.9 Å². The van der Waals surface area contributed by atoms with Crippen molar-refractivity contribution in [2.24, 2.45) is 0 Å². The Bertz CT molecular complexity index is 534. The molecule has 6 heteroatoms. The Morgan fingerprint density at radius 2 is 2.15 bits per heavy atom. The molecule has 5 nitrogen and oxygen atoms in total. The SMILES string of the molecule is CN(CC(=O)N1CCNCC1)c1cc(Br)cc(C#N)c1. The van der Waals surface area contributed by atoms with E-state index < -0.39 is 0 Å². The monoisotopic (exact) mass is 336 g/mol.